The fraction of sp³-hybridized carbons (Fsp3) is 0.385. The molecule has 1 saturated heterocycles. The Balaban J connectivity index is 2.30. The molecule has 1 fully saturated rings. The quantitative estimate of drug-likeness (QED) is 0.858. The van der Waals surface area contributed by atoms with E-state index in [0.29, 0.717) is 10.6 Å². The molecule has 1 aromatic rings. The Hall–Kier alpha value is -1.59. The normalized spacial score (nSPS) is 22.6. The third kappa shape index (κ3) is 2.88. The van der Waals surface area contributed by atoms with Gasteiger partial charge in [0.2, 0.25) is 0 Å². The number of halogens is 1. The van der Waals surface area contributed by atoms with Crippen LogP contribution in [0.5, 0.6) is 0 Å². The van der Waals surface area contributed by atoms with Crippen LogP contribution >= 0.6 is 11.6 Å². The van der Waals surface area contributed by atoms with E-state index in [4.69, 9.17) is 16.7 Å². The smallest absolute Gasteiger partial charge is 0.326 e. The largest absolute Gasteiger partial charge is 0.480 e. The molecule has 1 amide bonds. The fourth-order valence-corrected chi connectivity index (χ4v) is 2.59. The molecule has 2 rings (SSSR count). The van der Waals surface area contributed by atoms with Gasteiger partial charge in [0, 0.05) is 23.6 Å². The van der Waals surface area contributed by atoms with Crippen LogP contribution in [-0.4, -0.2) is 45.7 Å². The van der Waals surface area contributed by atoms with Crippen LogP contribution in [0.2, 0.25) is 5.02 Å². The molecule has 5 nitrogen and oxygen atoms in total. The van der Waals surface area contributed by atoms with Crippen molar-refractivity contribution < 1.29 is 19.8 Å². The maximum atomic E-state index is 12.3. The predicted molar refractivity (Wildman–Crippen MR) is 69.3 cm³/mol. The second-order valence-electron chi connectivity index (χ2n) is 4.72. The monoisotopic (exact) mass is 283 g/mol. The topological polar surface area (TPSA) is 77.8 Å². The highest BCUT2D eigenvalue weighted by Crippen LogP contribution is 2.23. The van der Waals surface area contributed by atoms with Crippen LogP contribution in [0, 0.1) is 6.92 Å². The van der Waals surface area contributed by atoms with Crippen molar-refractivity contribution in [2.24, 2.45) is 0 Å². The number of hydrogen-bond donors (Lipinski definition) is 2. The molecule has 1 unspecified atom stereocenters. The molecule has 1 aliphatic heterocycles. The second-order valence-corrected chi connectivity index (χ2v) is 5.15. The maximum absolute atomic E-state index is 12.3. The molecule has 0 radical (unpaired) electrons. The van der Waals surface area contributed by atoms with Crippen molar-refractivity contribution in [1.82, 2.24) is 4.90 Å². The fourth-order valence-electron chi connectivity index (χ4n) is 2.30. The lowest BCUT2D eigenvalue weighted by Gasteiger charge is -2.21. The molecule has 0 aliphatic carbocycles. The van der Waals surface area contributed by atoms with Gasteiger partial charge in [-0.25, -0.2) is 4.79 Å². The highest BCUT2D eigenvalue weighted by molar-refractivity contribution is 6.31. The van der Waals surface area contributed by atoms with Gasteiger partial charge in [0.1, 0.15) is 6.04 Å². The van der Waals surface area contributed by atoms with Crippen molar-refractivity contribution in [1.29, 1.82) is 0 Å². The summed E-state index contributed by atoms with van der Waals surface area (Å²) in [6.07, 6.45) is -0.744. The predicted octanol–water partition coefficient (Wildman–Crippen LogP) is 1.31. The Morgan fingerprint density at radius 2 is 2.05 bits per heavy atom. The van der Waals surface area contributed by atoms with Crippen molar-refractivity contribution >= 4 is 23.5 Å². The zero-order chi connectivity index (χ0) is 14.2. The Morgan fingerprint density at radius 3 is 2.63 bits per heavy atom. The van der Waals surface area contributed by atoms with Crippen molar-refractivity contribution in [3.63, 3.8) is 0 Å². The van der Waals surface area contributed by atoms with E-state index >= 15 is 0 Å². The Bertz CT molecular complexity index is 511. The van der Waals surface area contributed by atoms with Crippen LogP contribution in [0.4, 0.5) is 0 Å². The van der Waals surface area contributed by atoms with E-state index in [1.165, 1.54) is 11.0 Å². The molecule has 6 heteroatoms. The number of aryl methyl sites for hydroxylation is 1. The Labute approximate surface area is 115 Å². The number of benzene rings is 1. The third-order valence-electron chi connectivity index (χ3n) is 3.11. The first-order chi connectivity index (χ1) is 8.88. The highest BCUT2D eigenvalue weighted by Gasteiger charge is 2.39. The van der Waals surface area contributed by atoms with Crippen LogP contribution in [0.15, 0.2) is 18.2 Å². The van der Waals surface area contributed by atoms with E-state index < -0.39 is 24.0 Å². The number of aliphatic hydroxyl groups excluding tert-OH is 1. The summed E-state index contributed by atoms with van der Waals surface area (Å²) in [5, 5.41) is 19.0. The van der Waals surface area contributed by atoms with Crippen molar-refractivity contribution in [2.45, 2.75) is 25.5 Å². The highest BCUT2D eigenvalue weighted by atomic mass is 35.5. The van der Waals surface area contributed by atoms with Gasteiger partial charge in [-0.05, 0) is 30.7 Å². The van der Waals surface area contributed by atoms with Crippen LogP contribution in [0.1, 0.15) is 22.3 Å². The average Bonchev–Trinajstić information content (AvgIpc) is 2.69. The molecule has 102 valence electrons. The number of carboxylic acid groups (broad SMARTS) is 1. The van der Waals surface area contributed by atoms with Gasteiger partial charge in [0.05, 0.1) is 6.10 Å². The number of aliphatic carboxylic acids is 1. The summed E-state index contributed by atoms with van der Waals surface area (Å²) >= 11 is 5.89. The number of likely N-dealkylation sites (tertiary alicyclic amines) is 1. The van der Waals surface area contributed by atoms with E-state index in [2.05, 4.69) is 0 Å². The Morgan fingerprint density at radius 1 is 1.37 bits per heavy atom. The minimum absolute atomic E-state index is 0.0291. The Kier molecular flexibility index (Phi) is 3.78. The number of carbonyl (C=O) groups excluding carboxylic acids is 1. The first-order valence-electron chi connectivity index (χ1n) is 5.87. The molecular weight excluding hydrogens is 270 g/mol. The number of hydrogen-bond acceptors (Lipinski definition) is 3. The molecule has 1 aliphatic rings. The summed E-state index contributed by atoms with van der Waals surface area (Å²) in [6.45, 7) is 1.83. The van der Waals surface area contributed by atoms with E-state index in [1.807, 2.05) is 0 Å². The zero-order valence-electron chi connectivity index (χ0n) is 10.3. The van der Waals surface area contributed by atoms with Crippen molar-refractivity contribution in [3.05, 3.63) is 34.3 Å². The lowest BCUT2D eigenvalue weighted by atomic mass is 10.1. The molecule has 0 bridgehead atoms. The number of carbonyl (C=O) groups is 2. The molecule has 1 heterocycles. The van der Waals surface area contributed by atoms with Crippen LogP contribution in [-0.2, 0) is 4.79 Å². The summed E-state index contributed by atoms with van der Waals surface area (Å²) in [6, 6.07) is 3.88. The molecular formula is C13H14ClNO4. The van der Waals surface area contributed by atoms with Gasteiger partial charge in [-0.2, -0.15) is 0 Å². The lowest BCUT2D eigenvalue weighted by Crippen LogP contribution is -2.40. The van der Waals surface area contributed by atoms with E-state index in [1.54, 1.807) is 19.1 Å². The van der Waals surface area contributed by atoms with Crippen molar-refractivity contribution in [3.8, 4) is 0 Å². The van der Waals surface area contributed by atoms with Gasteiger partial charge >= 0.3 is 5.97 Å². The number of carboxylic acids is 1. The number of β-amino-alcohol motifs (C(OH)–C–C–N with tert-alkyl or cyclic N) is 1. The first-order valence-corrected chi connectivity index (χ1v) is 6.25. The van der Waals surface area contributed by atoms with Gasteiger partial charge in [0.25, 0.3) is 5.91 Å². The second kappa shape index (κ2) is 5.19. The summed E-state index contributed by atoms with van der Waals surface area (Å²) in [4.78, 5) is 24.6. The molecule has 0 spiro atoms. The first kappa shape index (κ1) is 13.8. The minimum Gasteiger partial charge on any atom is -0.480 e. The maximum Gasteiger partial charge on any atom is 0.326 e. The van der Waals surface area contributed by atoms with Crippen LogP contribution in [0.3, 0.4) is 0 Å². The average molecular weight is 284 g/mol. The molecule has 19 heavy (non-hydrogen) atoms. The van der Waals surface area contributed by atoms with Gasteiger partial charge in [-0.3, -0.25) is 4.79 Å². The van der Waals surface area contributed by atoms with E-state index in [0.717, 1.165) is 5.56 Å². The lowest BCUT2D eigenvalue weighted by molar-refractivity contribution is -0.141. The number of aliphatic hydroxyl groups is 1. The van der Waals surface area contributed by atoms with Crippen LogP contribution < -0.4 is 0 Å². The zero-order valence-corrected chi connectivity index (χ0v) is 11.1. The molecule has 2 N–H and O–H groups in total. The SMILES string of the molecule is Cc1cc(Cl)cc(C(=O)N2CC(O)C[C@H]2C(=O)O)c1. The molecule has 0 saturated carbocycles. The molecule has 2 atom stereocenters. The van der Waals surface area contributed by atoms with Crippen LogP contribution in [0.25, 0.3) is 0 Å². The van der Waals surface area contributed by atoms with Gasteiger partial charge in [-0.1, -0.05) is 11.6 Å². The minimum atomic E-state index is -1.11. The van der Waals surface area contributed by atoms with Gasteiger partial charge in [-0.15, -0.1) is 0 Å². The number of nitrogens with zero attached hydrogens (tertiary/aromatic N) is 1. The van der Waals surface area contributed by atoms with E-state index in [9.17, 15) is 14.7 Å². The van der Waals surface area contributed by atoms with Gasteiger partial charge < -0.3 is 15.1 Å². The molecule has 1 aromatic carbocycles. The van der Waals surface area contributed by atoms with Crippen molar-refractivity contribution in [2.75, 3.05) is 6.54 Å². The summed E-state index contributed by atoms with van der Waals surface area (Å²) in [5.74, 6) is -1.53. The molecule has 0 aromatic heterocycles. The summed E-state index contributed by atoms with van der Waals surface area (Å²) in [7, 11) is 0. The summed E-state index contributed by atoms with van der Waals surface area (Å²) < 4.78 is 0. The standard InChI is InChI=1S/C13H14ClNO4/c1-7-2-8(4-9(14)3-7)12(17)15-6-10(16)5-11(15)13(18)19/h2-4,10-11,16H,5-6H2,1H3,(H,18,19)/t10?,11-/m0/s1. The number of rotatable bonds is 2. The third-order valence-corrected chi connectivity index (χ3v) is 3.33. The summed E-state index contributed by atoms with van der Waals surface area (Å²) in [5.41, 5.74) is 1.16. The van der Waals surface area contributed by atoms with E-state index in [-0.39, 0.29) is 13.0 Å². The number of amides is 1. The van der Waals surface area contributed by atoms with Gasteiger partial charge in [0.15, 0.2) is 0 Å².